The van der Waals surface area contributed by atoms with Gasteiger partial charge in [-0.2, -0.15) is 9.68 Å². The van der Waals surface area contributed by atoms with Gasteiger partial charge in [-0.25, -0.2) is 5.41 Å². The minimum atomic E-state index is -0.326. The normalized spacial score (nSPS) is 11.6. The minimum Gasteiger partial charge on any atom is -0.333 e. The first-order valence-corrected chi connectivity index (χ1v) is 4.14. The molecule has 12 heavy (non-hydrogen) atoms. The molecule has 0 bridgehead atoms. The van der Waals surface area contributed by atoms with E-state index >= 15 is 0 Å². The molecule has 5 heteroatoms. The summed E-state index contributed by atoms with van der Waals surface area (Å²) in [6.45, 7) is 6.96. The number of quaternary nitrogens is 1. The van der Waals surface area contributed by atoms with Crippen molar-refractivity contribution in [2.24, 2.45) is 5.73 Å². The van der Waals surface area contributed by atoms with Crippen LogP contribution in [0.4, 0.5) is 0 Å². The van der Waals surface area contributed by atoms with Crippen molar-refractivity contribution in [1.29, 1.82) is 5.41 Å². The second kappa shape index (κ2) is 5.08. The molecule has 3 N–H and O–H groups in total. The van der Waals surface area contributed by atoms with Gasteiger partial charge in [0, 0.05) is 4.81 Å². The van der Waals surface area contributed by atoms with Crippen LogP contribution < -0.4 is 5.73 Å². The van der Waals surface area contributed by atoms with Crippen LogP contribution in [0.1, 0.15) is 20.8 Å². The summed E-state index contributed by atoms with van der Waals surface area (Å²) in [6, 6.07) is 0. The standard InChI is InChI=1S/C7H18N3O2/c1-4-10(7(8)9,11-5-2)12-6-3/h4-6H2,1-3H3,(H3,8,9)/q+1. The molecule has 0 unspecified atom stereocenters. The lowest BCUT2D eigenvalue weighted by molar-refractivity contribution is -1.19. The van der Waals surface area contributed by atoms with Crippen LogP contribution in [0.2, 0.25) is 0 Å². The van der Waals surface area contributed by atoms with Gasteiger partial charge in [-0.15, -0.1) is 0 Å². The monoisotopic (exact) mass is 176 g/mol. The van der Waals surface area contributed by atoms with E-state index in [0.29, 0.717) is 19.8 Å². The Morgan fingerprint density at radius 1 is 1.25 bits per heavy atom. The third kappa shape index (κ3) is 2.44. The second-order valence-electron chi connectivity index (χ2n) is 2.21. The van der Waals surface area contributed by atoms with E-state index in [-0.39, 0.29) is 10.8 Å². The predicted octanol–water partition coefficient (Wildman–Crippen LogP) is 0.620. The van der Waals surface area contributed by atoms with Gasteiger partial charge in [-0.05, 0) is 20.8 Å². The van der Waals surface area contributed by atoms with Crippen molar-refractivity contribution in [3.63, 3.8) is 0 Å². The average molecular weight is 176 g/mol. The molecule has 0 amide bonds. The van der Waals surface area contributed by atoms with Crippen LogP contribution in [0, 0.1) is 5.41 Å². The van der Waals surface area contributed by atoms with Crippen LogP contribution in [0.25, 0.3) is 0 Å². The van der Waals surface area contributed by atoms with E-state index in [2.05, 4.69) is 0 Å². The Bertz CT molecular complexity index is 144. The van der Waals surface area contributed by atoms with Gasteiger partial charge in [0.15, 0.2) is 0 Å². The molecule has 0 atom stereocenters. The maximum atomic E-state index is 7.31. The summed E-state index contributed by atoms with van der Waals surface area (Å²) in [7, 11) is 0. The van der Waals surface area contributed by atoms with E-state index in [1.165, 1.54) is 0 Å². The van der Waals surface area contributed by atoms with Gasteiger partial charge in [-0.1, -0.05) is 0 Å². The fourth-order valence-corrected chi connectivity index (χ4v) is 0.946. The highest BCUT2D eigenvalue weighted by Gasteiger charge is 2.34. The second-order valence-corrected chi connectivity index (χ2v) is 2.21. The maximum absolute atomic E-state index is 7.31. The molecule has 0 aliphatic heterocycles. The molecular formula is C7H18N3O2+. The molecule has 0 aliphatic carbocycles. The summed E-state index contributed by atoms with van der Waals surface area (Å²) in [6.07, 6.45) is 0. The highest BCUT2D eigenvalue weighted by Crippen LogP contribution is 2.08. The molecule has 5 nitrogen and oxygen atoms in total. The molecule has 0 fully saturated rings. The van der Waals surface area contributed by atoms with Gasteiger partial charge in [0.05, 0.1) is 0 Å². The van der Waals surface area contributed by atoms with Crippen molar-refractivity contribution in [3.8, 4) is 0 Å². The fourth-order valence-electron chi connectivity index (χ4n) is 0.946. The number of nitrogens with one attached hydrogen (secondary N) is 1. The number of hydroxylamine groups is 4. The van der Waals surface area contributed by atoms with E-state index in [1.807, 2.05) is 20.8 Å². The van der Waals surface area contributed by atoms with Crippen LogP contribution >= 0.6 is 0 Å². The molecule has 0 aromatic heterocycles. The number of guanidine groups is 1. The summed E-state index contributed by atoms with van der Waals surface area (Å²) in [5, 5.41) is 7.31. The Kier molecular flexibility index (Phi) is 4.80. The van der Waals surface area contributed by atoms with Crippen LogP contribution in [0.15, 0.2) is 0 Å². The van der Waals surface area contributed by atoms with Crippen molar-refractivity contribution >= 4 is 5.96 Å². The summed E-state index contributed by atoms with van der Waals surface area (Å²) >= 11 is 0. The van der Waals surface area contributed by atoms with E-state index in [0.717, 1.165) is 0 Å². The van der Waals surface area contributed by atoms with Crippen LogP contribution in [-0.4, -0.2) is 30.5 Å². The quantitative estimate of drug-likeness (QED) is 0.279. The summed E-state index contributed by atoms with van der Waals surface area (Å²) in [5.41, 5.74) is 5.36. The number of nitrogens with zero attached hydrogens (tertiary/aromatic N) is 1. The zero-order chi connectivity index (χ0) is 9.61. The molecule has 0 heterocycles. The summed E-state index contributed by atoms with van der Waals surface area (Å²) in [5.74, 6) is -0.124. The molecule has 0 radical (unpaired) electrons. The summed E-state index contributed by atoms with van der Waals surface area (Å²) < 4.78 is 0. The Morgan fingerprint density at radius 3 is 1.83 bits per heavy atom. The zero-order valence-corrected chi connectivity index (χ0v) is 7.96. The Balaban J connectivity index is 4.39. The third-order valence-electron chi connectivity index (χ3n) is 1.46. The predicted molar refractivity (Wildman–Crippen MR) is 46.0 cm³/mol. The minimum absolute atomic E-state index is 0.124. The number of nitrogens with two attached hydrogens (primary N) is 1. The molecule has 72 valence electrons. The molecule has 0 rings (SSSR count). The lowest BCUT2D eigenvalue weighted by atomic mass is 10.7. The van der Waals surface area contributed by atoms with Gasteiger partial charge in [-0.3, -0.25) is 0 Å². The van der Waals surface area contributed by atoms with E-state index < -0.39 is 0 Å². The highest BCUT2D eigenvalue weighted by atomic mass is 17.0. The Hall–Kier alpha value is -0.650. The smallest absolute Gasteiger partial charge is 0.333 e. The lowest BCUT2D eigenvalue weighted by Gasteiger charge is -2.27. The molecule has 0 spiro atoms. The highest BCUT2D eigenvalue weighted by molar-refractivity contribution is 5.65. The molecule has 0 aromatic rings. The molecule has 0 saturated heterocycles. The Morgan fingerprint density at radius 2 is 1.67 bits per heavy atom. The first kappa shape index (κ1) is 11.4. The first-order valence-electron chi connectivity index (χ1n) is 4.14. The molecule has 0 saturated carbocycles. The summed E-state index contributed by atoms with van der Waals surface area (Å²) in [4.78, 5) is 10.2. The van der Waals surface area contributed by atoms with Crippen molar-refractivity contribution < 1.29 is 14.5 Å². The first-order chi connectivity index (χ1) is 5.63. The van der Waals surface area contributed by atoms with E-state index in [1.54, 1.807) is 0 Å². The van der Waals surface area contributed by atoms with Crippen molar-refractivity contribution in [3.05, 3.63) is 0 Å². The molecule has 0 aromatic carbocycles. The molecule has 0 aliphatic rings. The SMILES string of the molecule is CCO[N+](CC)(OCC)C(=N)N. The molecular weight excluding hydrogens is 158 g/mol. The Labute approximate surface area is 73.1 Å². The zero-order valence-electron chi connectivity index (χ0n) is 7.96. The van der Waals surface area contributed by atoms with Crippen LogP contribution in [0.5, 0.6) is 0 Å². The van der Waals surface area contributed by atoms with Crippen LogP contribution in [0.3, 0.4) is 0 Å². The van der Waals surface area contributed by atoms with Gasteiger partial charge in [0.1, 0.15) is 19.8 Å². The van der Waals surface area contributed by atoms with E-state index in [4.69, 9.17) is 20.8 Å². The number of hydrogen-bond donors (Lipinski definition) is 2. The number of hydrogen-bond acceptors (Lipinski definition) is 3. The van der Waals surface area contributed by atoms with E-state index in [9.17, 15) is 0 Å². The van der Waals surface area contributed by atoms with Gasteiger partial charge < -0.3 is 5.73 Å². The van der Waals surface area contributed by atoms with Gasteiger partial charge in [0.2, 0.25) is 0 Å². The van der Waals surface area contributed by atoms with Crippen molar-refractivity contribution in [1.82, 2.24) is 0 Å². The van der Waals surface area contributed by atoms with Crippen molar-refractivity contribution in [2.75, 3.05) is 19.8 Å². The van der Waals surface area contributed by atoms with Gasteiger partial charge >= 0.3 is 5.96 Å². The lowest BCUT2D eigenvalue weighted by Crippen LogP contribution is -2.55. The topological polar surface area (TPSA) is 68.3 Å². The third-order valence-corrected chi connectivity index (χ3v) is 1.46. The number of rotatable bonds is 5. The van der Waals surface area contributed by atoms with Crippen molar-refractivity contribution in [2.45, 2.75) is 20.8 Å². The van der Waals surface area contributed by atoms with Crippen LogP contribution in [-0.2, 0) is 9.68 Å². The average Bonchev–Trinajstić information content (AvgIpc) is 2.03. The van der Waals surface area contributed by atoms with Gasteiger partial charge in [0.25, 0.3) is 0 Å². The fraction of sp³-hybridized carbons (Fsp3) is 0.857. The maximum Gasteiger partial charge on any atom is 0.360 e. The largest absolute Gasteiger partial charge is 0.360 e.